The van der Waals surface area contributed by atoms with Crippen molar-refractivity contribution in [2.75, 3.05) is 45.3 Å². The van der Waals surface area contributed by atoms with Crippen LogP contribution in [0.2, 0.25) is 0 Å². The summed E-state index contributed by atoms with van der Waals surface area (Å²) in [5.74, 6) is 1.82. The van der Waals surface area contributed by atoms with Gasteiger partial charge in [0.05, 0.1) is 12.6 Å². The zero-order valence-electron chi connectivity index (χ0n) is 12.3. The molecule has 1 fully saturated rings. The minimum atomic E-state index is 0.318. The quantitative estimate of drug-likeness (QED) is 0.848. The van der Waals surface area contributed by atoms with E-state index in [1.165, 1.54) is 12.8 Å². The van der Waals surface area contributed by atoms with Crippen LogP contribution in [0.15, 0.2) is 12.4 Å². The largest absolute Gasteiger partial charge is 0.383 e. The van der Waals surface area contributed by atoms with Crippen molar-refractivity contribution >= 4 is 5.95 Å². The number of nitrogens with zero attached hydrogens (tertiary/aromatic N) is 3. The van der Waals surface area contributed by atoms with Crippen molar-refractivity contribution in [3.05, 3.63) is 12.4 Å². The lowest BCUT2D eigenvalue weighted by molar-refractivity contribution is 0.162. The molecule has 1 aliphatic heterocycles. The van der Waals surface area contributed by atoms with Crippen LogP contribution in [0.5, 0.6) is 0 Å². The highest BCUT2D eigenvalue weighted by Gasteiger charge is 2.19. The average Bonchev–Trinajstić information content (AvgIpc) is 2.89. The summed E-state index contributed by atoms with van der Waals surface area (Å²) < 4.78 is 7.44. The first kappa shape index (κ1) is 14.3. The maximum atomic E-state index is 5.24. The molecule has 2 rings (SSSR count). The number of rotatable bonds is 6. The Morgan fingerprint density at radius 3 is 2.95 bits per heavy atom. The molecule has 2 heterocycles. The maximum absolute atomic E-state index is 5.24. The second kappa shape index (κ2) is 6.91. The molecule has 19 heavy (non-hydrogen) atoms. The molecule has 0 amide bonds. The Kier molecular flexibility index (Phi) is 5.22. The molecule has 0 aromatic carbocycles. The molecule has 0 spiro atoms. The molecule has 1 atom stereocenters. The monoisotopic (exact) mass is 266 g/mol. The van der Waals surface area contributed by atoms with Crippen LogP contribution in [0.1, 0.15) is 25.8 Å². The van der Waals surface area contributed by atoms with Gasteiger partial charge in [-0.05, 0) is 38.8 Å². The molecule has 1 unspecified atom stereocenters. The van der Waals surface area contributed by atoms with Crippen LogP contribution in [0.3, 0.4) is 0 Å². The van der Waals surface area contributed by atoms with E-state index in [2.05, 4.69) is 33.7 Å². The summed E-state index contributed by atoms with van der Waals surface area (Å²) in [6, 6.07) is 0.318. The fourth-order valence-electron chi connectivity index (χ4n) is 2.80. The smallest absolute Gasteiger partial charge is 0.205 e. The molecule has 1 aliphatic rings. The van der Waals surface area contributed by atoms with E-state index >= 15 is 0 Å². The van der Waals surface area contributed by atoms with E-state index in [0.29, 0.717) is 12.6 Å². The number of hydrogen-bond donors (Lipinski definition) is 1. The predicted molar refractivity (Wildman–Crippen MR) is 77.7 cm³/mol. The van der Waals surface area contributed by atoms with Gasteiger partial charge >= 0.3 is 0 Å². The van der Waals surface area contributed by atoms with E-state index in [4.69, 9.17) is 4.74 Å². The van der Waals surface area contributed by atoms with E-state index < -0.39 is 0 Å². The Morgan fingerprint density at radius 1 is 1.53 bits per heavy atom. The van der Waals surface area contributed by atoms with Crippen molar-refractivity contribution in [1.29, 1.82) is 0 Å². The maximum Gasteiger partial charge on any atom is 0.205 e. The highest BCUT2D eigenvalue weighted by Crippen LogP contribution is 2.20. The Labute approximate surface area is 116 Å². The summed E-state index contributed by atoms with van der Waals surface area (Å²) in [7, 11) is 3.88. The van der Waals surface area contributed by atoms with Crippen LogP contribution in [0.4, 0.5) is 5.95 Å². The van der Waals surface area contributed by atoms with E-state index in [1.807, 2.05) is 12.4 Å². The molecule has 5 nitrogen and oxygen atoms in total. The van der Waals surface area contributed by atoms with E-state index in [0.717, 1.165) is 31.5 Å². The zero-order chi connectivity index (χ0) is 13.7. The summed E-state index contributed by atoms with van der Waals surface area (Å²) in [5.41, 5.74) is 0. The minimum absolute atomic E-state index is 0.318. The number of nitrogens with one attached hydrogen (secondary N) is 1. The minimum Gasteiger partial charge on any atom is -0.383 e. The molecule has 0 aliphatic carbocycles. The molecule has 1 saturated heterocycles. The van der Waals surface area contributed by atoms with Gasteiger partial charge in [0.25, 0.3) is 0 Å². The summed E-state index contributed by atoms with van der Waals surface area (Å²) in [6.07, 6.45) is 6.44. The fraction of sp³-hybridized carbons (Fsp3) is 0.786. The molecular weight excluding hydrogens is 240 g/mol. The second-order valence-corrected chi connectivity index (χ2v) is 5.51. The Bertz CT molecular complexity index is 373. The molecule has 0 saturated carbocycles. The first-order valence-electron chi connectivity index (χ1n) is 7.16. The lowest BCUT2D eigenvalue weighted by atomic mass is 9.98. The van der Waals surface area contributed by atoms with Crippen molar-refractivity contribution in [2.24, 2.45) is 5.92 Å². The summed E-state index contributed by atoms with van der Waals surface area (Å²) in [4.78, 5) is 6.78. The standard InChI is InChI=1S/C14H26N4O/c1-12(11-19-3)18-9-8-16-14(18)17(2)10-13-4-6-15-7-5-13/h8-9,12-13,15H,4-7,10-11H2,1-3H3. The van der Waals surface area contributed by atoms with E-state index in [1.54, 1.807) is 7.11 Å². The van der Waals surface area contributed by atoms with Crippen molar-refractivity contribution in [1.82, 2.24) is 14.9 Å². The summed E-state index contributed by atoms with van der Waals surface area (Å²) in [5, 5.41) is 3.41. The number of anilines is 1. The molecule has 0 bridgehead atoms. The lowest BCUT2D eigenvalue weighted by Gasteiger charge is -2.29. The number of imidazole rings is 1. The molecule has 1 aromatic rings. The SMILES string of the molecule is COCC(C)n1ccnc1N(C)CC1CCNCC1. The van der Waals surface area contributed by atoms with Gasteiger partial charge in [-0.1, -0.05) is 0 Å². The summed E-state index contributed by atoms with van der Waals surface area (Å²) in [6.45, 7) is 6.25. The van der Waals surface area contributed by atoms with Crippen molar-refractivity contribution in [3.8, 4) is 0 Å². The van der Waals surface area contributed by atoms with Crippen molar-refractivity contribution in [2.45, 2.75) is 25.8 Å². The topological polar surface area (TPSA) is 42.3 Å². The normalized spacial score (nSPS) is 18.5. The number of ether oxygens (including phenoxy) is 1. The van der Waals surface area contributed by atoms with Crippen LogP contribution in [-0.4, -0.2) is 49.9 Å². The van der Waals surface area contributed by atoms with Gasteiger partial charge in [-0.2, -0.15) is 0 Å². The van der Waals surface area contributed by atoms with Gasteiger partial charge in [-0.3, -0.25) is 0 Å². The summed E-state index contributed by atoms with van der Waals surface area (Å²) >= 11 is 0. The molecule has 108 valence electrons. The third kappa shape index (κ3) is 3.70. The number of methoxy groups -OCH3 is 1. The van der Waals surface area contributed by atoms with Crippen LogP contribution in [-0.2, 0) is 4.74 Å². The third-order valence-corrected chi connectivity index (χ3v) is 3.86. The zero-order valence-corrected chi connectivity index (χ0v) is 12.3. The van der Waals surface area contributed by atoms with Gasteiger partial charge in [-0.25, -0.2) is 4.98 Å². The highest BCUT2D eigenvalue weighted by atomic mass is 16.5. The number of hydrogen-bond acceptors (Lipinski definition) is 4. The highest BCUT2D eigenvalue weighted by molar-refractivity contribution is 5.30. The predicted octanol–water partition coefficient (Wildman–Crippen LogP) is 1.53. The van der Waals surface area contributed by atoms with Crippen LogP contribution in [0.25, 0.3) is 0 Å². The molecular formula is C14H26N4O. The van der Waals surface area contributed by atoms with Gasteiger partial charge in [0.15, 0.2) is 0 Å². The van der Waals surface area contributed by atoms with Gasteiger partial charge < -0.3 is 19.5 Å². The van der Waals surface area contributed by atoms with Crippen molar-refractivity contribution in [3.63, 3.8) is 0 Å². The molecule has 0 radical (unpaired) electrons. The second-order valence-electron chi connectivity index (χ2n) is 5.51. The van der Waals surface area contributed by atoms with E-state index in [-0.39, 0.29) is 0 Å². The molecule has 1 N–H and O–H groups in total. The first-order valence-corrected chi connectivity index (χ1v) is 7.16. The van der Waals surface area contributed by atoms with Gasteiger partial charge in [-0.15, -0.1) is 0 Å². The van der Waals surface area contributed by atoms with Crippen LogP contribution >= 0.6 is 0 Å². The Hall–Kier alpha value is -1.07. The fourth-order valence-corrected chi connectivity index (χ4v) is 2.80. The van der Waals surface area contributed by atoms with Gasteiger partial charge in [0.1, 0.15) is 0 Å². The van der Waals surface area contributed by atoms with Gasteiger partial charge in [0.2, 0.25) is 5.95 Å². The number of aromatic nitrogens is 2. The average molecular weight is 266 g/mol. The first-order chi connectivity index (χ1) is 9.22. The van der Waals surface area contributed by atoms with Crippen LogP contribution < -0.4 is 10.2 Å². The van der Waals surface area contributed by atoms with Gasteiger partial charge in [0, 0.05) is 33.1 Å². The lowest BCUT2D eigenvalue weighted by Crippen LogP contribution is -2.35. The van der Waals surface area contributed by atoms with Crippen LogP contribution in [0, 0.1) is 5.92 Å². The Morgan fingerprint density at radius 2 is 2.26 bits per heavy atom. The Balaban J connectivity index is 1.98. The van der Waals surface area contributed by atoms with E-state index in [9.17, 15) is 0 Å². The van der Waals surface area contributed by atoms with Crippen molar-refractivity contribution < 1.29 is 4.74 Å². The number of piperidine rings is 1. The third-order valence-electron chi connectivity index (χ3n) is 3.86. The molecule has 1 aromatic heterocycles. The molecule has 5 heteroatoms.